The van der Waals surface area contributed by atoms with Crippen LogP contribution in [-0.4, -0.2) is 0 Å². The van der Waals surface area contributed by atoms with Crippen molar-refractivity contribution in [3.05, 3.63) is 58.6 Å². The summed E-state index contributed by atoms with van der Waals surface area (Å²) in [5.41, 5.74) is 0.253. The van der Waals surface area contributed by atoms with E-state index in [-0.39, 0.29) is 16.5 Å². The Kier molecular flexibility index (Phi) is 4.07. The fourth-order valence-corrected chi connectivity index (χ4v) is 2.45. The maximum Gasteiger partial charge on any atom is 0.417 e. The summed E-state index contributed by atoms with van der Waals surface area (Å²) < 4.78 is 39.1. The summed E-state index contributed by atoms with van der Waals surface area (Å²) in [7, 11) is 0. The lowest BCUT2D eigenvalue weighted by atomic mass is 9.95. The molecule has 0 unspecified atom stereocenters. The van der Waals surface area contributed by atoms with Crippen LogP contribution in [-0.2, 0) is 12.1 Å². The fraction of sp³-hybridized carbons (Fsp3) is 0.143. The third-order valence-corrected chi connectivity index (χ3v) is 3.35. The Balaban J connectivity index is 2.73. The van der Waals surface area contributed by atoms with E-state index in [1.165, 1.54) is 12.1 Å². The average Bonchev–Trinajstić information content (AvgIpc) is 2.37. The molecule has 0 bridgehead atoms. The predicted molar refractivity (Wildman–Crippen MR) is 71.4 cm³/mol. The van der Waals surface area contributed by atoms with Gasteiger partial charge in [-0.05, 0) is 23.3 Å². The van der Waals surface area contributed by atoms with Crippen molar-refractivity contribution in [1.82, 2.24) is 0 Å². The third-order valence-electron chi connectivity index (χ3n) is 2.75. The summed E-state index contributed by atoms with van der Waals surface area (Å²) in [6, 6.07) is 10.2. The molecular weight excluding hydrogens is 296 g/mol. The van der Waals surface area contributed by atoms with E-state index in [1.54, 1.807) is 24.3 Å². The van der Waals surface area contributed by atoms with Crippen LogP contribution in [0.15, 0.2) is 42.5 Å². The van der Waals surface area contributed by atoms with Crippen molar-refractivity contribution in [2.45, 2.75) is 12.1 Å². The van der Waals surface area contributed by atoms with Gasteiger partial charge in [-0.2, -0.15) is 13.2 Å². The molecule has 0 N–H and O–H groups in total. The van der Waals surface area contributed by atoms with Gasteiger partial charge in [0.1, 0.15) is 0 Å². The van der Waals surface area contributed by atoms with Crippen LogP contribution >= 0.6 is 23.2 Å². The summed E-state index contributed by atoms with van der Waals surface area (Å²) >= 11 is 11.8. The lowest BCUT2D eigenvalue weighted by Crippen LogP contribution is -2.07. The molecule has 0 aliphatic carbocycles. The highest BCUT2D eigenvalue weighted by Crippen LogP contribution is 2.41. The molecule has 2 aromatic rings. The summed E-state index contributed by atoms with van der Waals surface area (Å²) in [4.78, 5) is 0. The van der Waals surface area contributed by atoms with E-state index in [4.69, 9.17) is 23.2 Å². The van der Waals surface area contributed by atoms with Gasteiger partial charge in [-0.3, -0.25) is 0 Å². The van der Waals surface area contributed by atoms with Crippen LogP contribution in [0.3, 0.4) is 0 Å². The van der Waals surface area contributed by atoms with Gasteiger partial charge >= 0.3 is 6.18 Å². The quantitative estimate of drug-likeness (QED) is 0.618. The Morgan fingerprint density at radius 3 is 2.26 bits per heavy atom. The molecule has 0 radical (unpaired) electrons. The molecule has 0 nitrogen and oxygen atoms in total. The van der Waals surface area contributed by atoms with Gasteiger partial charge < -0.3 is 0 Å². The van der Waals surface area contributed by atoms with E-state index >= 15 is 0 Å². The smallest absolute Gasteiger partial charge is 0.166 e. The normalized spacial score (nSPS) is 11.6. The van der Waals surface area contributed by atoms with E-state index in [2.05, 4.69) is 0 Å². The topological polar surface area (TPSA) is 0 Å². The SMILES string of the molecule is FC(F)(F)c1ccccc1-c1c(Cl)cccc1CCl. The summed E-state index contributed by atoms with van der Waals surface area (Å²) in [5, 5.41) is 0.259. The van der Waals surface area contributed by atoms with Crippen molar-refractivity contribution in [2.24, 2.45) is 0 Å². The molecule has 0 heterocycles. The molecule has 0 aliphatic rings. The van der Waals surface area contributed by atoms with Gasteiger partial charge in [0, 0.05) is 16.5 Å². The van der Waals surface area contributed by atoms with Gasteiger partial charge in [0.2, 0.25) is 0 Å². The van der Waals surface area contributed by atoms with Gasteiger partial charge in [0.15, 0.2) is 0 Å². The molecule has 2 aromatic carbocycles. The van der Waals surface area contributed by atoms with Crippen LogP contribution in [0, 0.1) is 0 Å². The summed E-state index contributed by atoms with van der Waals surface area (Å²) in [5.74, 6) is 0.0993. The van der Waals surface area contributed by atoms with Gasteiger partial charge in [-0.25, -0.2) is 0 Å². The van der Waals surface area contributed by atoms with Crippen molar-refractivity contribution in [3.63, 3.8) is 0 Å². The molecule has 100 valence electrons. The highest BCUT2D eigenvalue weighted by molar-refractivity contribution is 6.33. The fourth-order valence-electron chi connectivity index (χ4n) is 1.93. The number of alkyl halides is 4. The molecule has 0 aliphatic heterocycles. The molecule has 19 heavy (non-hydrogen) atoms. The first-order chi connectivity index (χ1) is 8.95. The Bertz CT molecular complexity index is 591. The monoisotopic (exact) mass is 304 g/mol. The largest absolute Gasteiger partial charge is 0.417 e. The molecule has 0 atom stereocenters. The minimum absolute atomic E-state index is 0.0521. The van der Waals surface area contributed by atoms with E-state index in [1.807, 2.05) is 0 Å². The van der Waals surface area contributed by atoms with E-state index in [9.17, 15) is 13.2 Å². The zero-order valence-electron chi connectivity index (χ0n) is 9.64. The lowest BCUT2D eigenvalue weighted by Gasteiger charge is -2.16. The Hall–Kier alpha value is -1.19. The molecule has 0 fully saturated rings. The Labute approximate surface area is 118 Å². The second-order valence-electron chi connectivity index (χ2n) is 3.95. The first-order valence-electron chi connectivity index (χ1n) is 5.45. The standard InChI is InChI=1S/C14H9Cl2F3/c15-8-9-4-3-7-12(16)13(9)10-5-1-2-6-11(10)14(17,18)19/h1-7H,8H2. The van der Waals surface area contributed by atoms with Crippen molar-refractivity contribution < 1.29 is 13.2 Å². The van der Waals surface area contributed by atoms with Crippen LogP contribution in [0.25, 0.3) is 11.1 Å². The predicted octanol–water partition coefficient (Wildman–Crippen LogP) is 5.76. The molecule has 2 rings (SSSR count). The lowest BCUT2D eigenvalue weighted by molar-refractivity contribution is -0.137. The van der Waals surface area contributed by atoms with Crippen LogP contribution in [0.1, 0.15) is 11.1 Å². The Morgan fingerprint density at radius 2 is 1.63 bits per heavy atom. The minimum Gasteiger partial charge on any atom is -0.166 e. The van der Waals surface area contributed by atoms with Gasteiger partial charge in [-0.15, -0.1) is 11.6 Å². The van der Waals surface area contributed by atoms with Gasteiger partial charge in [0.05, 0.1) is 5.56 Å². The zero-order valence-corrected chi connectivity index (χ0v) is 11.2. The molecule has 0 saturated heterocycles. The van der Waals surface area contributed by atoms with E-state index in [0.29, 0.717) is 11.1 Å². The number of benzene rings is 2. The zero-order chi connectivity index (χ0) is 14.0. The first-order valence-corrected chi connectivity index (χ1v) is 6.36. The summed E-state index contributed by atoms with van der Waals surface area (Å²) in [6.07, 6.45) is -4.43. The Morgan fingerprint density at radius 1 is 0.947 bits per heavy atom. The van der Waals surface area contributed by atoms with Crippen LogP contribution in [0.4, 0.5) is 13.2 Å². The average molecular weight is 305 g/mol. The second-order valence-corrected chi connectivity index (χ2v) is 4.63. The maximum atomic E-state index is 13.0. The minimum atomic E-state index is -4.43. The highest BCUT2D eigenvalue weighted by Gasteiger charge is 2.34. The second kappa shape index (κ2) is 5.43. The number of hydrogen-bond donors (Lipinski definition) is 0. The van der Waals surface area contributed by atoms with Gasteiger partial charge in [-0.1, -0.05) is 41.9 Å². The molecule has 0 amide bonds. The van der Waals surface area contributed by atoms with Gasteiger partial charge in [0.25, 0.3) is 0 Å². The van der Waals surface area contributed by atoms with Crippen molar-refractivity contribution >= 4 is 23.2 Å². The maximum absolute atomic E-state index is 13.0. The van der Waals surface area contributed by atoms with Crippen LogP contribution in [0.5, 0.6) is 0 Å². The molecule has 5 heteroatoms. The summed E-state index contributed by atoms with van der Waals surface area (Å²) in [6.45, 7) is 0. The third kappa shape index (κ3) is 2.88. The van der Waals surface area contributed by atoms with Crippen molar-refractivity contribution in [1.29, 1.82) is 0 Å². The first kappa shape index (κ1) is 14.2. The van der Waals surface area contributed by atoms with Crippen LogP contribution in [0.2, 0.25) is 5.02 Å². The van der Waals surface area contributed by atoms with E-state index < -0.39 is 11.7 Å². The van der Waals surface area contributed by atoms with E-state index in [0.717, 1.165) is 6.07 Å². The number of halogens is 5. The number of rotatable bonds is 2. The van der Waals surface area contributed by atoms with Crippen LogP contribution < -0.4 is 0 Å². The van der Waals surface area contributed by atoms with Crippen molar-refractivity contribution in [2.75, 3.05) is 0 Å². The number of hydrogen-bond acceptors (Lipinski definition) is 0. The molecule has 0 aromatic heterocycles. The van der Waals surface area contributed by atoms with Crippen molar-refractivity contribution in [3.8, 4) is 11.1 Å². The molecular formula is C14H9Cl2F3. The molecule has 0 spiro atoms. The molecule has 0 saturated carbocycles. The highest BCUT2D eigenvalue weighted by atomic mass is 35.5.